The van der Waals surface area contributed by atoms with E-state index in [1.165, 1.54) is 0 Å². The Morgan fingerprint density at radius 2 is 1.37 bits per heavy atom. The summed E-state index contributed by atoms with van der Waals surface area (Å²) in [6.45, 7) is 11.6. The lowest BCUT2D eigenvalue weighted by Gasteiger charge is -2.36. The molecule has 0 aliphatic carbocycles. The molecule has 1 rings (SSSR count). The molecule has 0 atom stereocenters. The van der Waals surface area contributed by atoms with E-state index < -0.39 is 8.32 Å². The first kappa shape index (κ1) is 16.4. The second kappa shape index (κ2) is 6.18. The molecule has 1 aromatic rings. The molecule has 0 aliphatic rings. The Balaban J connectivity index is 2.83. The molecule has 108 valence electrons. The van der Waals surface area contributed by atoms with Crippen LogP contribution in [0.2, 0.25) is 18.1 Å². The average molecular weight is 282 g/mol. The van der Waals surface area contributed by atoms with Crippen molar-refractivity contribution in [3.05, 3.63) is 34.9 Å². The van der Waals surface area contributed by atoms with Gasteiger partial charge >= 0.3 is 0 Å². The third-order valence-corrected chi connectivity index (χ3v) is 8.36. The molecule has 0 aliphatic heterocycles. The van der Waals surface area contributed by atoms with Gasteiger partial charge in [0.2, 0.25) is 0 Å². The quantitative estimate of drug-likeness (QED) is 0.815. The Bertz CT molecular complexity index is 400. The standard InChI is InChI=1S/C15H26O3Si/c1-15(2,3)19(4,5)18-11-14-7-12(9-16)6-13(8-14)10-17/h6-8,16-17H,9-11H2,1-5H3. The van der Waals surface area contributed by atoms with E-state index in [1.807, 2.05) is 18.2 Å². The molecule has 0 heterocycles. The number of hydrogen-bond acceptors (Lipinski definition) is 3. The van der Waals surface area contributed by atoms with Crippen LogP contribution in [0.4, 0.5) is 0 Å². The molecule has 0 saturated carbocycles. The number of rotatable bonds is 5. The van der Waals surface area contributed by atoms with Gasteiger partial charge in [0.25, 0.3) is 0 Å². The van der Waals surface area contributed by atoms with E-state index in [-0.39, 0.29) is 18.3 Å². The van der Waals surface area contributed by atoms with E-state index in [0.717, 1.165) is 16.7 Å². The molecule has 0 unspecified atom stereocenters. The summed E-state index contributed by atoms with van der Waals surface area (Å²) in [6, 6.07) is 5.69. The maximum absolute atomic E-state index is 9.23. The highest BCUT2D eigenvalue weighted by Crippen LogP contribution is 2.37. The van der Waals surface area contributed by atoms with E-state index in [9.17, 15) is 10.2 Å². The minimum Gasteiger partial charge on any atom is -0.413 e. The zero-order valence-electron chi connectivity index (χ0n) is 12.7. The SMILES string of the molecule is CC(C)(C)[Si](C)(C)OCc1cc(CO)cc(CO)c1. The molecule has 0 amide bonds. The lowest BCUT2D eigenvalue weighted by Crippen LogP contribution is -2.40. The first-order valence-corrected chi connectivity index (χ1v) is 9.58. The van der Waals surface area contributed by atoms with Crippen molar-refractivity contribution in [3.8, 4) is 0 Å². The van der Waals surface area contributed by atoms with E-state index in [0.29, 0.717) is 6.61 Å². The van der Waals surface area contributed by atoms with Crippen molar-refractivity contribution in [2.24, 2.45) is 0 Å². The topological polar surface area (TPSA) is 49.7 Å². The third-order valence-electron chi connectivity index (χ3n) is 3.88. The number of aliphatic hydroxyl groups excluding tert-OH is 2. The van der Waals surface area contributed by atoms with Gasteiger partial charge in [0, 0.05) is 0 Å². The zero-order valence-corrected chi connectivity index (χ0v) is 13.7. The number of benzene rings is 1. The maximum atomic E-state index is 9.23. The largest absolute Gasteiger partial charge is 0.413 e. The van der Waals surface area contributed by atoms with E-state index in [2.05, 4.69) is 33.9 Å². The molecule has 1 aromatic carbocycles. The second-order valence-corrected chi connectivity index (χ2v) is 11.3. The Labute approximate surface area is 117 Å². The van der Waals surface area contributed by atoms with Gasteiger partial charge in [-0.3, -0.25) is 0 Å². The Morgan fingerprint density at radius 3 is 1.74 bits per heavy atom. The molecular formula is C15H26O3Si. The van der Waals surface area contributed by atoms with Crippen molar-refractivity contribution in [1.82, 2.24) is 0 Å². The maximum Gasteiger partial charge on any atom is 0.192 e. The van der Waals surface area contributed by atoms with Crippen LogP contribution in [0.15, 0.2) is 18.2 Å². The summed E-state index contributed by atoms with van der Waals surface area (Å²) in [7, 11) is -1.77. The van der Waals surface area contributed by atoms with Crippen LogP contribution in [0.25, 0.3) is 0 Å². The molecule has 4 heteroatoms. The first-order chi connectivity index (χ1) is 8.69. The lowest BCUT2D eigenvalue weighted by molar-refractivity contribution is 0.267. The molecule has 0 spiro atoms. The van der Waals surface area contributed by atoms with E-state index >= 15 is 0 Å². The molecule has 0 saturated heterocycles. The average Bonchev–Trinajstić information content (AvgIpc) is 2.34. The van der Waals surface area contributed by atoms with Gasteiger partial charge < -0.3 is 14.6 Å². The third kappa shape index (κ3) is 4.42. The summed E-state index contributed by atoms with van der Waals surface area (Å²) in [5.74, 6) is 0. The second-order valence-electron chi connectivity index (χ2n) is 6.52. The van der Waals surface area contributed by atoms with Gasteiger partial charge in [0.1, 0.15) is 0 Å². The van der Waals surface area contributed by atoms with Gasteiger partial charge in [0.05, 0.1) is 19.8 Å². The van der Waals surface area contributed by atoms with Gasteiger partial charge in [-0.15, -0.1) is 0 Å². The van der Waals surface area contributed by atoms with Crippen LogP contribution in [0.3, 0.4) is 0 Å². The Kier molecular flexibility index (Phi) is 5.32. The highest BCUT2D eigenvalue weighted by atomic mass is 28.4. The van der Waals surface area contributed by atoms with Gasteiger partial charge in [-0.2, -0.15) is 0 Å². The van der Waals surface area contributed by atoms with Gasteiger partial charge in [-0.1, -0.05) is 39.0 Å². The lowest BCUT2D eigenvalue weighted by atomic mass is 10.1. The number of hydrogen-bond donors (Lipinski definition) is 2. The number of aliphatic hydroxyl groups is 2. The minimum atomic E-state index is -1.77. The minimum absolute atomic E-state index is 0.0130. The van der Waals surface area contributed by atoms with Crippen LogP contribution in [0.1, 0.15) is 37.5 Å². The van der Waals surface area contributed by atoms with Crippen molar-refractivity contribution in [1.29, 1.82) is 0 Å². The van der Waals surface area contributed by atoms with Crippen LogP contribution in [0, 0.1) is 0 Å². The summed E-state index contributed by atoms with van der Waals surface area (Å²) in [5.41, 5.74) is 2.65. The molecule has 0 radical (unpaired) electrons. The van der Waals surface area contributed by atoms with Crippen LogP contribution < -0.4 is 0 Å². The van der Waals surface area contributed by atoms with Crippen molar-refractivity contribution in [2.75, 3.05) is 0 Å². The van der Waals surface area contributed by atoms with Crippen LogP contribution in [0.5, 0.6) is 0 Å². The molecular weight excluding hydrogens is 256 g/mol. The molecule has 19 heavy (non-hydrogen) atoms. The fourth-order valence-electron chi connectivity index (χ4n) is 1.59. The van der Waals surface area contributed by atoms with Crippen molar-refractivity contribution in [3.63, 3.8) is 0 Å². The van der Waals surface area contributed by atoms with Gasteiger partial charge in [-0.05, 0) is 34.8 Å². The first-order valence-electron chi connectivity index (χ1n) is 6.67. The fraction of sp³-hybridized carbons (Fsp3) is 0.600. The summed E-state index contributed by atoms with van der Waals surface area (Å²) in [6.07, 6.45) is 0. The molecule has 0 bridgehead atoms. The summed E-state index contributed by atoms with van der Waals surface area (Å²) in [5, 5.41) is 18.6. The summed E-state index contributed by atoms with van der Waals surface area (Å²) in [4.78, 5) is 0. The predicted molar refractivity (Wildman–Crippen MR) is 80.3 cm³/mol. The van der Waals surface area contributed by atoms with E-state index in [4.69, 9.17) is 4.43 Å². The predicted octanol–water partition coefficient (Wildman–Crippen LogP) is 3.19. The Hall–Kier alpha value is -0.683. The van der Waals surface area contributed by atoms with Crippen molar-refractivity contribution < 1.29 is 14.6 Å². The monoisotopic (exact) mass is 282 g/mol. The van der Waals surface area contributed by atoms with Crippen LogP contribution >= 0.6 is 0 Å². The van der Waals surface area contributed by atoms with Gasteiger partial charge in [-0.25, -0.2) is 0 Å². The molecule has 0 aromatic heterocycles. The molecule has 2 N–H and O–H groups in total. The van der Waals surface area contributed by atoms with Crippen molar-refractivity contribution >= 4 is 8.32 Å². The summed E-state index contributed by atoms with van der Waals surface area (Å²) >= 11 is 0. The molecule has 0 fully saturated rings. The van der Waals surface area contributed by atoms with Crippen LogP contribution in [-0.2, 0) is 24.2 Å². The van der Waals surface area contributed by atoms with E-state index in [1.54, 1.807) is 0 Å². The van der Waals surface area contributed by atoms with Crippen LogP contribution in [-0.4, -0.2) is 18.5 Å². The van der Waals surface area contributed by atoms with Crippen molar-refractivity contribution in [2.45, 2.75) is 58.7 Å². The Morgan fingerprint density at radius 1 is 0.947 bits per heavy atom. The molecule has 3 nitrogen and oxygen atoms in total. The highest BCUT2D eigenvalue weighted by Gasteiger charge is 2.36. The summed E-state index contributed by atoms with van der Waals surface area (Å²) < 4.78 is 6.15. The van der Waals surface area contributed by atoms with Gasteiger partial charge in [0.15, 0.2) is 8.32 Å². The highest BCUT2D eigenvalue weighted by molar-refractivity contribution is 6.74. The normalized spacial score (nSPS) is 12.8. The zero-order chi connectivity index (χ0) is 14.7. The fourth-order valence-corrected chi connectivity index (χ4v) is 2.55. The smallest absolute Gasteiger partial charge is 0.192 e.